The smallest absolute Gasteiger partial charge is 0.251 e. The number of aromatic amines is 1. The van der Waals surface area contributed by atoms with Crippen molar-refractivity contribution < 1.29 is 22.8 Å². The van der Waals surface area contributed by atoms with Crippen molar-refractivity contribution in [3.8, 4) is 17.3 Å². The minimum atomic E-state index is -3.38. The van der Waals surface area contributed by atoms with Gasteiger partial charge in [0.15, 0.2) is 0 Å². The predicted molar refractivity (Wildman–Crippen MR) is 196 cm³/mol. The summed E-state index contributed by atoms with van der Waals surface area (Å²) in [6.45, 7) is 2.75. The number of sulfonamides is 1. The summed E-state index contributed by atoms with van der Waals surface area (Å²) in [5.41, 5.74) is 3.87. The van der Waals surface area contributed by atoms with Gasteiger partial charge in [-0.3, -0.25) is 24.4 Å². The van der Waals surface area contributed by atoms with Crippen LogP contribution in [0.3, 0.4) is 0 Å². The number of fused-ring (bicyclic) bond motifs is 1. The third kappa shape index (κ3) is 7.32. The third-order valence-electron chi connectivity index (χ3n) is 9.54. The van der Waals surface area contributed by atoms with Crippen molar-refractivity contribution in [1.82, 2.24) is 39.7 Å². The number of rotatable bonds is 13. The molecule has 16 nitrogen and oxygen atoms in total. The molecule has 272 valence electrons. The number of H-pyrrole nitrogens is 1. The molecule has 1 unspecified atom stereocenters. The van der Waals surface area contributed by atoms with E-state index in [-0.39, 0.29) is 48.9 Å². The molecular formula is C36H37N11O5S. The van der Waals surface area contributed by atoms with Crippen LogP contribution >= 0.6 is 0 Å². The SMILES string of the molecule is CCS(=O)(=O)N1CC(CC#N)(n2cc(-c3nc(Nc4ccc(C(=O)NCCNc5cccc(C6CCC(=O)NC6=O)c5)cc4)nc4[nH]ccc34)cn2)C1. The molecule has 7 rings (SSSR count). The van der Waals surface area contributed by atoms with Gasteiger partial charge >= 0.3 is 0 Å². The van der Waals surface area contributed by atoms with Gasteiger partial charge in [0, 0.05) is 72.9 Å². The van der Waals surface area contributed by atoms with Gasteiger partial charge in [-0.15, -0.1) is 0 Å². The maximum Gasteiger partial charge on any atom is 0.251 e. The molecule has 1 atom stereocenters. The molecule has 0 saturated carbocycles. The monoisotopic (exact) mass is 735 g/mol. The van der Waals surface area contributed by atoms with Crippen LogP contribution < -0.4 is 21.3 Å². The van der Waals surface area contributed by atoms with E-state index in [1.165, 1.54) is 4.31 Å². The van der Waals surface area contributed by atoms with E-state index < -0.39 is 15.6 Å². The molecular weight excluding hydrogens is 699 g/mol. The Morgan fingerprint density at radius 1 is 1.08 bits per heavy atom. The number of imide groups is 1. The predicted octanol–water partition coefficient (Wildman–Crippen LogP) is 3.20. The minimum absolute atomic E-state index is 0.0101. The molecule has 2 aliphatic rings. The molecule has 53 heavy (non-hydrogen) atoms. The summed E-state index contributed by atoms with van der Waals surface area (Å²) in [5.74, 6) is -0.845. The molecule has 5 heterocycles. The van der Waals surface area contributed by atoms with Crippen molar-refractivity contribution >= 4 is 56.1 Å². The Balaban J connectivity index is 0.970. The lowest BCUT2D eigenvalue weighted by Gasteiger charge is -2.47. The molecule has 2 aromatic carbocycles. The number of hydrogen-bond acceptors (Lipinski definition) is 11. The van der Waals surface area contributed by atoms with Gasteiger partial charge in [-0.2, -0.15) is 19.6 Å². The number of aromatic nitrogens is 5. The van der Waals surface area contributed by atoms with E-state index in [4.69, 9.17) is 4.98 Å². The number of anilines is 3. The topological polar surface area (TPSA) is 220 Å². The molecule has 5 N–H and O–H groups in total. The molecule has 0 spiro atoms. The molecule has 0 radical (unpaired) electrons. The number of nitrogens with zero attached hydrogens (tertiary/aromatic N) is 6. The first-order valence-electron chi connectivity index (χ1n) is 17.2. The van der Waals surface area contributed by atoms with Crippen LogP contribution in [0.4, 0.5) is 17.3 Å². The van der Waals surface area contributed by atoms with Gasteiger partial charge in [-0.05, 0) is 61.4 Å². The fourth-order valence-electron chi connectivity index (χ4n) is 6.59. The maximum absolute atomic E-state index is 12.9. The summed E-state index contributed by atoms with van der Waals surface area (Å²) in [7, 11) is -3.38. The fourth-order valence-corrected chi connectivity index (χ4v) is 7.83. The molecule has 17 heteroatoms. The van der Waals surface area contributed by atoms with Crippen LogP contribution in [-0.2, 0) is 25.2 Å². The van der Waals surface area contributed by atoms with E-state index in [0.717, 1.165) is 16.6 Å². The van der Waals surface area contributed by atoms with E-state index in [9.17, 15) is 28.1 Å². The van der Waals surface area contributed by atoms with E-state index in [1.807, 2.05) is 30.3 Å². The highest BCUT2D eigenvalue weighted by atomic mass is 32.2. The van der Waals surface area contributed by atoms with Crippen molar-refractivity contribution in [1.29, 1.82) is 5.26 Å². The highest BCUT2D eigenvalue weighted by Gasteiger charge is 2.49. The normalized spacial score (nSPS) is 17.1. The average Bonchev–Trinajstić information content (AvgIpc) is 3.82. The van der Waals surface area contributed by atoms with Crippen LogP contribution in [-0.4, -0.2) is 87.1 Å². The van der Waals surface area contributed by atoms with Crippen LogP contribution in [0.2, 0.25) is 0 Å². The van der Waals surface area contributed by atoms with Crippen molar-refractivity contribution in [2.45, 2.75) is 37.6 Å². The summed E-state index contributed by atoms with van der Waals surface area (Å²) in [4.78, 5) is 49.1. The number of benzene rings is 2. The largest absolute Gasteiger partial charge is 0.383 e. The van der Waals surface area contributed by atoms with Crippen molar-refractivity contribution in [2.24, 2.45) is 0 Å². The number of carbonyl (C=O) groups is 3. The zero-order chi connectivity index (χ0) is 37.2. The first-order chi connectivity index (χ1) is 25.6. The Bertz CT molecular complexity index is 2340. The van der Waals surface area contributed by atoms with Gasteiger partial charge in [0.05, 0.1) is 36.1 Å². The number of piperidine rings is 1. The summed E-state index contributed by atoms with van der Waals surface area (Å²) >= 11 is 0. The van der Waals surface area contributed by atoms with Gasteiger partial charge in [0.1, 0.15) is 11.2 Å². The first kappa shape index (κ1) is 35.3. The third-order valence-corrected chi connectivity index (χ3v) is 11.3. The van der Waals surface area contributed by atoms with Gasteiger partial charge in [-0.1, -0.05) is 12.1 Å². The second-order valence-corrected chi connectivity index (χ2v) is 15.3. The number of nitrogens with one attached hydrogen (secondary N) is 5. The molecule has 3 amide bonds. The molecule has 5 aromatic rings. The average molecular weight is 736 g/mol. The second kappa shape index (κ2) is 14.5. The molecule has 2 aliphatic heterocycles. The van der Waals surface area contributed by atoms with Gasteiger partial charge in [0.25, 0.3) is 5.91 Å². The lowest BCUT2D eigenvalue weighted by Crippen LogP contribution is -2.64. The van der Waals surface area contributed by atoms with Crippen LogP contribution in [0.5, 0.6) is 0 Å². The van der Waals surface area contributed by atoms with Crippen LogP contribution in [0, 0.1) is 11.3 Å². The Morgan fingerprint density at radius 2 is 1.89 bits per heavy atom. The molecule has 0 aliphatic carbocycles. The summed E-state index contributed by atoms with van der Waals surface area (Å²) in [6.07, 6.45) is 6.09. The molecule has 0 bridgehead atoms. The first-order valence-corrected chi connectivity index (χ1v) is 18.8. The van der Waals surface area contributed by atoms with Crippen LogP contribution in [0.25, 0.3) is 22.3 Å². The Kier molecular flexibility index (Phi) is 9.64. The van der Waals surface area contributed by atoms with Gasteiger partial charge < -0.3 is 20.9 Å². The zero-order valence-corrected chi connectivity index (χ0v) is 29.6. The fraction of sp³-hybridized carbons (Fsp3) is 0.306. The summed E-state index contributed by atoms with van der Waals surface area (Å²) in [6, 6.07) is 18.4. The van der Waals surface area contributed by atoms with E-state index in [2.05, 4.69) is 42.4 Å². The number of nitriles is 1. The lowest BCUT2D eigenvalue weighted by molar-refractivity contribution is -0.134. The minimum Gasteiger partial charge on any atom is -0.383 e. The van der Waals surface area contributed by atoms with Crippen molar-refractivity contribution in [3.05, 3.63) is 84.3 Å². The second-order valence-electron chi connectivity index (χ2n) is 13.1. The maximum atomic E-state index is 12.9. The van der Waals surface area contributed by atoms with Crippen LogP contribution in [0.15, 0.2) is 73.2 Å². The van der Waals surface area contributed by atoms with E-state index in [1.54, 1.807) is 54.5 Å². The highest BCUT2D eigenvalue weighted by molar-refractivity contribution is 7.89. The summed E-state index contributed by atoms with van der Waals surface area (Å²) < 4.78 is 27.8. The molecule has 3 aromatic heterocycles. The van der Waals surface area contributed by atoms with E-state index in [0.29, 0.717) is 60.0 Å². The van der Waals surface area contributed by atoms with Crippen molar-refractivity contribution in [2.75, 3.05) is 42.6 Å². The van der Waals surface area contributed by atoms with Crippen molar-refractivity contribution in [3.63, 3.8) is 0 Å². The lowest BCUT2D eigenvalue weighted by atomic mass is 9.89. The Hall–Kier alpha value is -6.12. The highest BCUT2D eigenvalue weighted by Crippen LogP contribution is 2.36. The number of carbonyl (C=O) groups excluding carboxylic acids is 3. The summed E-state index contributed by atoms with van der Waals surface area (Å²) in [5, 5.41) is 26.6. The van der Waals surface area contributed by atoms with E-state index >= 15 is 0 Å². The zero-order valence-electron chi connectivity index (χ0n) is 28.8. The number of hydrogen-bond donors (Lipinski definition) is 5. The number of amides is 3. The molecule has 2 saturated heterocycles. The Morgan fingerprint density at radius 3 is 2.64 bits per heavy atom. The van der Waals surface area contributed by atoms with Crippen LogP contribution in [0.1, 0.15) is 48.0 Å². The van der Waals surface area contributed by atoms with Gasteiger partial charge in [0.2, 0.25) is 27.8 Å². The van der Waals surface area contributed by atoms with Gasteiger partial charge in [-0.25, -0.2) is 13.4 Å². The standard InChI is InChI=1S/C36H37N11O5S/c1-2-53(51,52)46-21-36(22-46,13-14-37)47-20-25(19-41-47)31-29-12-15-39-32(29)45-35(44-31)42-26-8-6-23(7-9-26)33(49)40-17-16-38-27-5-3-4-24(18-27)28-10-11-30(48)43-34(28)50/h3-9,12,15,18-20,28,38H,2,10-11,13,16-17,21-22H2,1H3,(H,40,49)(H,43,48,50)(H2,39,42,44,45). The molecule has 2 fully saturated rings. The Labute approximate surface area is 305 Å². The quantitative estimate of drug-likeness (QED) is 0.0873.